The molecule has 0 aliphatic heterocycles. The second kappa shape index (κ2) is 2.97. The Labute approximate surface area is 38.4 Å². The van der Waals surface area contributed by atoms with Crippen LogP contribution in [0.3, 0.4) is 0 Å². The lowest BCUT2D eigenvalue weighted by atomic mass is 10.6. The average molecular weight is 88.1 g/mol. The lowest BCUT2D eigenvalue weighted by Gasteiger charge is -1.85. The molecule has 2 nitrogen and oxygen atoms in total. The van der Waals surface area contributed by atoms with Crippen LogP contribution in [0, 0.1) is 0 Å². The molecule has 35 valence electrons. The van der Waals surface area contributed by atoms with Crippen LogP contribution in [0.2, 0.25) is 0 Å². The fraction of sp³-hybridized carbons (Fsp3) is 1.00. The Bertz CT molecular complexity index is 28.7. The van der Waals surface area contributed by atoms with Crippen LogP contribution in [0.5, 0.6) is 0 Å². The van der Waals surface area contributed by atoms with Gasteiger partial charge in [0.1, 0.15) is 0 Å². The van der Waals surface area contributed by atoms with Crippen LogP contribution in [-0.2, 0) is 5.11 Å². The topological polar surface area (TPSA) is 25.8 Å². The van der Waals surface area contributed by atoms with Crippen molar-refractivity contribution in [1.82, 2.24) is 4.90 Å². The van der Waals surface area contributed by atoms with Gasteiger partial charge in [0.15, 0.2) is 6.61 Å². The Balaban J connectivity index is 2.63. The quantitative estimate of drug-likeness (QED) is 0.447. The van der Waals surface area contributed by atoms with Gasteiger partial charge in [-0.15, -0.1) is 0 Å². The molecule has 0 aromatic heterocycles. The molecule has 0 saturated heterocycles. The predicted molar refractivity (Wildman–Crippen MR) is 24.4 cm³/mol. The van der Waals surface area contributed by atoms with Crippen molar-refractivity contribution in [1.29, 1.82) is 0 Å². The lowest BCUT2D eigenvalue weighted by Crippen LogP contribution is -2.21. The Morgan fingerprint density at radius 3 is 2.00 bits per heavy atom. The highest BCUT2D eigenvalue weighted by Crippen LogP contribution is 1.62. The minimum absolute atomic E-state index is 0.00694. The van der Waals surface area contributed by atoms with E-state index in [-0.39, 0.29) is 6.61 Å². The van der Waals surface area contributed by atoms with Crippen molar-refractivity contribution in [2.75, 3.05) is 27.2 Å². The van der Waals surface area contributed by atoms with E-state index in [0.29, 0.717) is 6.54 Å². The monoisotopic (exact) mass is 88.1 g/mol. The highest BCUT2D eigenvalue weighted by atomic mass is 16.3. The normalized spacial score (nSPS) is 8.50. The SMILES string of the molecule is C[N+2](C)CC[O]. The van der Waals surface area contributed by atoms with Crippen molar-refractivity contribution in [2.24, 2.45) is 0 Å². The van der Waals surface area contributed by atoms with Crippen molar-refractivity contribution in [3.8, 4) is 0 Å². The molecule has 1 radical (unpaired) electrons. The number of hydrogen-bond acceptors (Lipinski definition) is 1. The molecule has 0 N–H and O–H groups in total. The van der Waals surface area contributed by atoms with Gasteiger partial charge in [0.05, 0.1) is 0 Å². The number of likely N-dealkylation sites (N-methyl/N-ethyl adjacent to an activating group) is 1. The van der Waals surface area contributed by atoms with E-state index < -0.39 is 0 Å². The van der Waals surface area contributed by atoms with Gasteiger partial charge in [-0.1, -0.05) is 0 Å². The summed E-state index contributed by atoms with van der Waals surface area (Å²) in [5, 5.41) is 9.70. The zero-order valence-corrected chi connectivity index (χ0v) is 4.27. The summed E-state index contributed by atoms with van der Waals surface area (Å²) in [4.78, 5) is 1.87. The van der Waals surface area contributed by atoms with Gasteiger partial charge in [0.25, 0.3) is 6.54 Å². The minimum atomic E-state index is 0.00694. The summed E-state index contributed by atoms with van der Waals surface area (Å²) >= 11 is 0. The van der Waals surface area contributed by atoms with Crippen LogP contribution < -0.4 is 4.90 Å². The molecule has 0 atom stereocenters. The maximum Gasteiger partial charge on any atom is 0.273 e. The van der Waals surface area contributed by atoms with Crippen molar-refractivity contribution < 1.29 is 5.11 Å². The van der Waals surface area contributed by atoms with E-state index in [9.17, 15) is 5.11 Å². The third-order valence-corrected chi connectivity index (χ3v) is 0.539. The van der Waals surface area contributed by atoms with Gasteiger partial charge >= 0.3 is 0 Å². The number of nitrogens with zero attached hydrogens (tertiary/aromatic N) is 1. The van der Waals surface area contributed by atoms with Gasteiger partial charge in [-0.05, 0) is 0 Å². The maximum absolute atomic E-state index is 9.70. The summed E-state index contributed by atoms with van der Waals surface area (Å²) in [6.07, 6.45) is 0. The van der Waals surface area contributed by atoms with E-state index in [4.69, 9.17) is 0 Å². The van der Waals surface area contributed by atoms with Gasteiger partial charge in [0.2, 0.25) is 14.1 Å². The number of rotatable bonds is 2. The fourth-order valence-corrected chi connectivity index (χ4v) is 0.183. The zero-order chi connectivity index (χ0) is 4.99. The van der Waals surface area contributed by atoms with Crippen LogP contribution in [0.15, 0.2) is 0 Å². The standard InChI is InChI=1S/C4H10NO/c1-5(2)3-4-6/h3-4H2,1-2H3/q+2. The summed E-state index contributed by atoms with van der Waals surface area (Å²) in [5.41, 5.74) is 0. The molecule has 0 aliphatic carbocycles. The zero-order valence-electron chi connectivity index (χ0n) is 4.27. The highest BCUT2D eigenvalue weighted by Gasteiger charge is 1.99. The highest BCUT2D eigenvalue weighted by molar-refractivity contribution is 4.41. The van der Waals surface area contributed by atoms with Gasteiger partial charge in [-0.25, -0.2) is 5.11 Å². The van der Waals surface area contributed by atoms with Crippen LogP contribution in [0.25, 0.3) is 0 Å². The summed E-state index contributed by atoms with van der Waals surface area (Å²) in [6.45, 7) is 0.660. The maximum atomic E-state index is 9.70. The summed E-state index contributed by atoms with van der Waals surface area (Å²) in [7, 11) is 3.77. The molecule has 0 spiro atoms. The smallest absolute Gasteiger partial charge is 0.224 e. The summed E-state index contributed by atoms with van der Waals surface area (Å²) in [6, 6.07) is 0. The molecule has 0 heterocycles. The van der Waals surface area contributed by atoms with Crippen LogP contribution in [0.4, 0.5) is 0 Å². The third kappa shape index (κ3) is 3.76. The van der Waals surface area contributed by atoms with E-state index in [1.54, 1.807) is 0 Å². The van der Waals surface area contributed by atoms with E-state index >= 15 is 0 Å². The average Bonchev–Trinajstić information content (AvgIpc) is 1.35. The molecule has 0 aromatic rings. The summed E-state index contributed by atoms with van der Waals surface area (Å²) in [5.74, 6) is 0. The molecular formula is C4H10NO+2. The van der Waals surface area contributed by atoms with Crippen molar-refractivity contribution in [2.45, 2.75) is 0 Å². The van der Waals surface area contributed by atoms with Gasteiger partial charge in [0, 0.05) is 0 Å². The Hall–Kier alpha value is -0.240. The first kappa shape index (κ1) is 5.76. The van der Waals surface area contributed by atoms with Crippen LogP contribution >= 0.6 is 0 Å². The van der Waals surface area contributed by atoms with Gasteiger partial charge in [-0.2, -0.15) is 4.90 Å². The fourth-order valence-electron chi connectivity index (χ4n) is 0.183. The minimum Gasteiger partial charge on any atom is -0.224 e. The molecule has 0 aliphatic rings. The van der Waals surface area contributed by atoms with Crippen LogP contribution in [0.1, 0.15) is 0 Å². The first-order valence-corrected chi connectivity index (χ1v) is 2.00. The first-order valence-electron chi connectivity index (χ1n) is 2.00. The Morgan fingerprint density at radius 2 is 2.00 bits per heavy atom. The molecule has 0 aromatic carbocycles. The lowest BCUT2D eigenvalue weighted by molar-refractivity contribution is 0.184. The largest absolute Gasteiger partial charge is 0.273 e. The third-order valence-electron chi connectivity index (χ3n) is 0.539. The van der Waals surface area contributed by atoms with Crippen LogP contribution in [-0.4, -0.2) is 27.2 Å². The van der Waals surface area contributed by atoms with E-state index in [1.165, 1.54) is 0 Å². The van der Waals surface area contributed by atoms with E-state index in [2.05, 4.69) is 0 Å². The predicted octanol–water partition coefficient (Wildman–Crippen LogP) is -0.183. The van der Waals surface area contributed by atoms with Gasteiger partial charge in [-0.3, -0.25) is 0 Å². The van der Waals surface area contributed by atoms with Crippen molar-refractivity contribution in [3.63, 3.8) is 0 Å². The van der Waals surface area contributed by atoms with E-state index in [1.807, 2.05) is 19.0 Å². The molecule has 2 heteroatoms. The Kier molecular flexibility index (Phi) is 2.85. The molecule has 6 heavy (non-hydrogen) atoms. The molecule has 0 saturated carbocycles. The molecule has 0 fully saturated rings. The van der Waals surface area contributed by atoms with Gasteiger partial charge < -0.3 is 0 Å². The second-order valence-electron chi connectivity index (χ2n) is 1.51. The van der Waals surface area contributed by atoms with Crippen molar-refractivity contribution in [3.05, 3.63) is 0 Å². The Morgan fingerprint density at radius 1 is 1.50 bits per heavy atom. The molecular weight excluding hydrogens is 78.0 g/mol. The molecule has 0 amide bonds. The first-order chi connectivity index (χ1) is 2.77. The second-order valence-corrected chi connectivity index (χ2v) is 1.51. The molecule has 0 unspecified atom stereocenters. The van der Waals surface area contributed by atoms with E-state index in [0.717, 1.165) is 0 Å². The summed E-state index contributed by atoms with van der Waals surface area (Å²) < 4.78 is 0. The molecule has 0 bridgehead atoms. The molecule has 0 rings (SSSR count). The number of hydrogen-bond donors (Lipinski definition) is 0. The van der Waals surface area contributed by atoms with Crippen molar-refractivity contribution >= 4 is 0 Å².